The topological polar surface area (TPSA) is 104 Å². The fraction of sp³-hybridized carbons (Fsp3) is 0.417. The van der Waals surface area contributed by atoms with E-state index in [1.807, 2.05) is 13.8 Å². The lowest BCUT2D eigenvalue weighted by atomic mass is 9.92. The first-order valence-electron chi connectivity index (χ1n) is 5.36. The second-order valence-electron chi connectivity index (χ2n) is 4.34. The molecule has 0 radical (unpaired) electrons. The highest BCUT2D eigenvalue weighted by Gasteiger charge is 2.17. The largest absolute Gasteiger partial charge is 0.504 e. The standard InChI is InChI=1S/C12H17NO4/c1-6(2)8-5-11(15)10(14)4-7(8)3-9(13)12(16)17/h4-6,9,14-15H,3,13H2,1-2H3,(H,16,17)/t9-/m0/s1. The highest BCUT2D eigenvalue weighted by atomic mass is 16.4. The molecule has 0 saturated heterocycles. The number of aliphatic carboxylic acids is 1. The van der Waals surface area contributed by atoms with Gasteiger partial charge in [-0.2, -0.15) is 0 Å². The molecule has 0 heterocycles. The van der Waals surface area contributed by atoms with Crippen LogP contribution in [0.5, 0.6) is 11.5 Å². The van der Waals surface area contributed by atoms with Crippen molar-refractivity contribution >= 4 is 5.97 Å². The summed E-state index contributed by atoms with van der Waals surface area (Å²) in [5, 5.41) is 27.6. The number of hydrogen-bond acceptors (Lipinski definition) is 4. The minimum Gasteiger partial charge on any atom is -0.504 e. The van der Waals surface area contributed by atoms with Crippen molar-refractivity contribution < 1.29 is 20.1 Å². The van der Waals surface area contributed by atoms with Gasteiger partial charge in [0.25, 0.3) is 0 Å². The predicted octanol–water partition coefficient (Wildman–Crippen LogP) is 1.18. The van der Waals surface area contributed by atoms with Crippen molar-refractivity contribution in [3.8, 4) is 11.5 Å². The quantitative estimate of drug-likeness (QED) is 0.590. The molecular weight excluding hydrogens is 222 g/mol. The molecule has 94 valence electrons. The highest BCUT2D eigenvalue weighted by Crippen LogP contribution is 2.32. The SMILES string of the molecule is CC(C)c1cc(O)c(O)cc1C[C@H](N)C(=O)O. The van der Waals surface area contributed by atoms with Crippen LogP contribution in [0.2, 0.25) is 0 Å². The Labute approximate surface area is 99.5 Å². The Bertz CT molecular complexity index is 429. The molecule has 1 aromatic carbocycles. The van der Waals surface area contributed by atoms with Gasteiger partial charge in [-0.3, -0.25) is 4.79 Å². The molecule has 0 spiro atoms. The Kier molecular flexibility index (Phi) is 3.96. The van der Waals surface area contributed by atoms with E-state index in [1.165, 1.54) is 12.1 Å². The van der Waals surface area contributed by atoms with Gasteiger partial charge in [0.2, 0.25) is 0 Å². The van der Waals surface area contributed by atoms with Gasteiger partial charge in [-0.1, -0.05) is 13.8 Å². The maximum Gasteiger partial charge on any atom is 0.320 e. The van der Waals surface area contributed by atoms with E-state index in [0.717, 1.165) is 5.56 Å². The van der Waals surface area contributed by atoms with E-state index in [-0.39, 0.29) is 23.8 Å². The maximum absolute atomic E-state index is 10.7. The number of carboxylic acid groups (broad SMARTS) is 1. The van der Waals surface area contributed by atoms with Crippen molar-refractivity contribution in [3.05, 3.63) is 23.3 Å². The van der Waals surface area contributed by atoms with E-state index < -0.39 is 12.0 Å². The summed E-state index contributed by atoms with van der Waals surface area (Å²) in [6, 6.07) is 1.80. The van der Waals surface area contributed by atoms with Crippen LogP contribution >= 0.6 is 0 Å². The molecule has 5 heteroatoms. The number of rotatable bonds is 4. The summed E-state index contributed by atoms with van der Waals surface area (Å²) in [4.78, 5) is 10.7. The number of nitrogens with two attached hydrogens (primary N) is 1. The van der Waals surface area contributed by atoms with Crippen LogP contribution in [0.3, 0.4) is 0 Å². The van der Waals surface area contributed by atoms with Gasteiger partial charge in [0.1, 0.15) is 6.04 Å². The minimum atomic E-state index is -1.09. The van der Waals surface area contributed by atoms with Crippen LogP contribution in [0.1, 0.15) is 30.9 Å². The van der Waals surface area contributed by atoms with Crippen molar-refractivity contribution in [3.63, 3.8) is 0 Å². The van der Waals surface area contributed by atoms with Crippen molar-refractivity contribution in [2.45, 2.75) is 32.2 Å². The normalized spacial score (nSPS) is 12.7. The molecule has 0 bridgehead atoms. The Morgan fingerprint density at radius 2 is 1.82 bits per heavy atom. The monoisotopic (exact) mass is 239 g/mol. The van der Waals surface area contributed by atoms with E-state index in [9.17, 15) is 15.0 Å². The number of aromatic hydroxyl groups is 2. The fourth-order valence-corrected chi connectivity index (χ4v) is 1.67. The Balaban J connectivity index is 3.12. The van der Waals surface area contributed by atoms with Crippen LogP contribution in [0.4, 0.5) is 0 Å². The van der Waals surface area contributed by atoms with E-state index in [4.69, 9.17) is 10.8 Å². The van der Waals surface area contributed by atoms with Gasteiger partial charge in [0, 0.05) is 0 Å². The molecule has 0 amide bonds. The smallest absolute Gasteiger partial charge is 0.320 e. The fourth-order valence-electron chi connectivity index (χ4n) is 1.67. The molecule has 0 aliphatic rings. The lowest BCUT2D eigenvalue weighted by Crippen LogP contribution is -2.32. The maximum atomic E-state index is 10.7. The second kappa shape index (κ2) is 5.05. The Morgan fingerprint density at radius 1 is 1.29 bits per heavy atom. The summed E-state index contributed by atoms with van der Waals surface area (Å²) < 4.78 is 0. The summed E-state index contributed by atoms with van der Waals surface area (Å²) in [5.74, 6) is -1.45. The number of hydrogen-bond donors (Lipinski definition) is 4. The zero-order valence-electron chi connectivity index (χ0n) is 9.84. The van der Waals surface area contributed by atoms with Gasteiger partial charge in [0.05, 0.1) is 0 Å². The number of benzene rings is 1. The lowest BCUT2D eigenvalue weighted by Gasteiger charge is -2.16. The van der Waals surface area contributed by atoms with Crippen LogP contribution in [0, 0.1) is 0 Å². The van der Waals surface area contributed by atoms with Crippen LogP contribution < -0.4 is 5.73 Å². The second-order valence-corrected chi connectivity index (χ2v) is 4.34. The molecule has 1 rings (SSSR count). The van der Waals surface area contributed by atoms with Crippen LogP contribution in [0.25, 0.3) is 0 Å². The zero-order valence-corrected chi connectivity index (χ0v) is 9.84. The molecule has 5 N–H and O–H groups in total. The van der Waals surface area contributed by atoms with Crippen molar-refractivity contribution in [1.82, 2.24) is 0 Å². The summed E-state index contributed by atoms with van der Waals surface area (Å²) in [7, 11) is 0. The van der Waals surface area contributed by atoms with Crippen molar-refractivity contribution in [2.75, 3.05) is 0 Å². The average Bonchev–Trinajstić information content (AvgIpc) is 2.22. The van der Waals surface area contributed by atoms with E-state index in [2.05, 4.69) is 0 Å². The summed E-state index contributed by atoms with van der Waals surface area (Å²) in [5.41, 5.74) is 6.89. The van der Waals surface area contributed by atoms with Crippen LogP contribution in [-0.4, -0.2) is 27.3 Å². The third-order valence-corrected chi connectivity index (χ3v) is 2.62. The average molecular weight is 239 g/mol. The minimum absolute atomic E-state index is 0.109. The predicted molar refractivity (Wildman–Crippen MR) is 63.2 cm³/mol. The molecule has 0 fully saturated rings. The molecule has 0 saturated carbocycles. The molecule has 0 unspecified atom stereocenters. The van der Waals surface area contributed by atoms with E-state index >= 15 is 0 Å². The lowest BCUT2D eigenvalue weighted by molar-refractivity contribution is -0.138. The molecule has 17 heavy (non-hydrogen) atoms. The summed E-state index contributed by atoms with van der Waals surface area (Å²) in [6.45, 7) is 3.84. The van der Waals surface area contributed by atoms with Crippen LogP contribution in [0.15, 0.2) is 12.1 Å². The Morgan fingerprint density at radius 3 is 2.29 bits per heavy atom. The molecule has 1 atom stereocenters. The third kappa shape index (κ3) is 3.10. The van der Waals surface area contributed by atoms with Gasteiger partial charge in [-0.15, -0.1) is 0 Å². The van der Waals surface area contributed by atoms with Gasteiger partial charge in [0.15, 0.2) is 11.5 Å². The summed E-state index contributed by atoms with van der Waals surface area (Å²) >= 11 is 0. The Hall–Kier alpha value is -1.75. The van der Waals surface area contributed by atoms with Crippen LogP contribution in [-0.2, 0) is 11.2 Å². The first-order valence-corrected chi connectivity index (χ1v) is 5.36. The first-order chi connectivity index (χ1) is 7.82. The zero-order chi connectivity index (χ0) is 13.2. The molecule has 0 aromatic heterocycles. The molecule has 5 nitrogen and oxygen atoms in total. The highest BCUT2D eigenvalue weighted by molar-refractivity contribution is 5.73. The molecule has 0 aliphatic carbocycles. The number of carbonyl (C=O) groups is 1. The van der Waals surface area contributed by atoms with E-state index in [1.54, 1.807) is 0 Å². The van der Waals surface area contributed by atoms with Gasteiger partial charge in [-0.25, -0.2) is 0 Å². The molecule has 0 aliphatic heterocycles. The first kappa shape index (κ1) is 13.3. The molecule has 1 aromatic rings. The number of carboxylic acids is 1. The number of phenolic OH excluding ortho intramolecular Hbond substituents is 2. The molecular formula is C12H17NO4. The number of phenols is 2. The van der Waals surface area contributed by atoms with Crippen molar-refractivity contribution in [1.29, 1.82) is 0 Å². The summed E-state index contributed by atoms with van der Waals surface area (Å²) in [6.07, 6.45) is 0.122. The van der Waals surface area contributed by atoms with Crippen molar-refractivity contribution in [2.24, 2.45) is 5.73 Å². The van der Waals surface area contributed by atoms with Gasteiger partial charge >= 0.3 is 5.97 Å². The third-order valence-electron chi connectivity index (χ3n) is 2.62. The van der Waals surface area contributed by atoms with E-state index in [0.29, 0.717) is 5.56 Å². The van der Waals surface area contributed by atoms with Gasteiger partial charge in [-0.05, 0) is 35.6 Å². The van der Waals surface area contributed by atoms with Gasteiger partial charge < -0.3 is 21.1 Å².